The first-order valence-corrected chi connectivity index (χ1v) is 9.77. The first-order chi connectivity index (χ1) is 12.5. The zero-order valence-electron chi connectivity index (χ0n) is 15.5. The van der Waals surface area contributed by atoms with E-state index in [4.69, 9.17) is 0 Å². The topological polar surface area (TPSA) is 74.3 Å². The summed E-state index contributed by atoms with van der Waals surface area (Å²) in [5, 5.41) is 8.26. The molecular weight excluding hydrogens is 348 g/mol. The van der Waals surface area contributed by atoms with Crippen molar-refractivity contribution in [3.05, 3.63) is 45.9 Å². The average molecular weight is 375 g/mol. The van der Waals surface area contributed by atoms with Gasteiger partial charge in [-0.05, 0) is 31.4 Å². The fourth-order valence-electron chi connectivity index (χ4n) is 2.41. The van der Waals surface area contributed by atoms with Crippen LogP contribution in [0, 0.1) is 6.92 Å². The van der Waals surface area contributed by atoms with Gasteiger partial charge in [-0.3, -0.25) is 4.79 Å². The van der Waals surface area contributed by atoms with Gasteiger partial charge in [0.25, 0.3) is 5.91 Å². The van der Waals surface area contributed by atoms with Crippen LogP contribution in [-0.4, -0.2) is 34.9 Å². The highest BCUT2D eigenvalue weighted by atomic mass is 32.1. The van der Waals surface area contributed by atoms with Gasteiger partial charge < -0.3 is 15.5 Å². The molecule has 0 atom stereocenters. The van der Waals surface area contributed by atoms with E-state index < -0.39 is 0 Å². The normalized spacial score (nSPS) is 10.4. The minimum Gasteiger partial charge on any atom is -0.351 e. The van der Waals surface area contributed by atoms with Crippen molar-refractivity contribution in [3.8, 4) is 0 Å². The number of rotatable bonds is 8. The van der Waals surface area contributed by atoms with Crippen molar-refractivity contribution in [2.24, 2.45) is 0 Å². The zero-order valence-corrected chi connectivity index (χ0v) is 16.4. The Morgan fingerprint density at radius 2 is 1.96 bits per heavy atom. The molecule has 0 bridgehead atoms. The average Bonchev–Trinajstić information content (AvgIpc) is 3.10. The van der Waals surface area contributed by atoms with Crippen LogP contribution in [-0.2, 0) is 6.54 Å². The van der Waals surface area contributed by atoms with Gasteiger partial charge in [0, 0.05) is 24.2 Å². The van der Waals surface area contributed by atoms with Crippen molar-refractivity contribution < 1.29 is 9.59 Å². The van der Waals surface area contributed by atoms with Crippen LogP contribution < -0.4 is 10.6 Å². The molecule has 0 unspecified atom stereocenters. The molecule has 1 heterocycles. The summed E-state index contributed by atoms with van der Waals surface area (Å²) in [6.45, 7) is 7.63. The van der Waals surface area contributed by atoms with Gasteiger partial charge >= 0.3 is 6.03 Å². The van der Waals surface area contributed by atoms with E-state index in [1.54, 1.807) is 10.3 Å². The van der Waals surface area contributed by atoms with Crippen LogP contribution in [0.4, 0.5) is 10.5 Å². The van der Waals surface area contributed by atoms with E-state index in [2.05, 4.69) is 15.6 Å². The third-order valence-electron chi connectivity index (χ3n) is 3.81. The highest BCUT2D eigenvalue weighted by Crippen LogP contribution is 2.17. The molecule has 0 saturated heterocycles. The predicted octanol–water partition coefficient (Wildman–Crippen LogP) is 4.04. The maximum atomic E-state index is 12.7. The number of amides is 3. The van der Waals surface area contributed by atoms with Gasteiger partial charge in [-0.2, -0.15) is 0 Å². The van der Waals surface area contributed by atoms with Crippen LogP contribution in [0.3, 0.4) is 0 Å². The summed E-state index contributed by atoms with van der Waals surface area (Å²) < 4.78 is 0. The summed E-state index contributed by atoms with van der Waals surface area (Å²) in [5.74, 6) is -0.166. The Kier molecular flexibility index (Phi) is 7.59. The van der Waals surface area contributed by atoms with E-state index in [1.807, 2.05) is 45.0 Å². The lowest BCUT2D eigenvalue weighted by Gasteiger charge is -2.22. The standard InChI is InChI=1S/C19H26N4O2S/c1-4-10-20-18(24)16-13-26-17(21-16)12-23(11-5-2)19(25)22-15-9-7-6-8-14(15)3/h6-9,13H,4-5,10-12H2,1-3H3,(H,20,24)(H,22,25). The molecule has 7 heteroatoms. The van der Waals surface area contributed by atoms with Crippen molar-refractivity contribution in [3.63, 3.8) is 0 Å². The molecular formula is C19H26N4O2S. The fraction of sp³-hybridized carbons (Fsp3) is 0.421. The van der Waals surface area contributed by atoms with Gasteiger partial charge in [-0.25, -0.2) is 9.78 Å². The monoisotopic (exact) mass is 374 g/mol. The van der Waals surface area contributed by atoms with Crippen molar-refractivity contribution >= 4 is 29.0 Å². The number of carbonyl (C=O) groups excluding carboxylic acids is 2. The minimum absolute atomic E-state index is 0.159. The van der Waals surface area contributed by atoms with Gasteiger partial charge in [0.1, 0.15) is 10.7 Å². The maximum Gasteiger partial charge on any atom is 0.322 e. The molecule has 26 heavy (non-hydrogen) atoms. The zero-order chi connectivity index (χ0) is 18.9. The second-order valence-corrected chi connectivity index (χ2v) is 6.99. The van der Waals surface area contributed by atoms with Gasteiger partial charge in [0.15, 0.2) is 0 Å². The Labute approximate surface area is 158 Å². The number of aryl methyl sites for hydroxylation is 1. The first-order valence-electron chi connectivity index (χ1n) is 8.89. The molecule has 0 aliphatic carbocycles. The van der Waals surface area contributed by atoms with E-state index in [0.29, 0.717) is 25.3 Å². The molecule has 3 amide bonds. The number of para-hydroxylation sites is 1. The molecule has 0 spiro atoms. The van der Waals surface area contributed by atoms with Crippen molar-refractivity contribution in [1.82, 2.24) is 15.2 Å². The molecule has 6 nitrogen and oxygen atoms in total. The van der Waals surface area contributed by atoms with Gasteiger partial charge in [-0.15, -0.1) is 11.3 Å². The molecule has 1 aromatic heterocycles. The lowest BCUT2D eigenvalue weighted by Crippen LogP contribution is -2.35. The number of benzene rings is 1. The fourth-order valence-corrected chi connectivity index (χ4v) is 3.20. The molecule has 0 radical (unpaired) electrons. The lowest BCUT2D eigenvalue weighted by molar-refractivity contribution is 0.0949. The molecule has 2 N–H and O–H groups in total. The van der Waals surface area contributed by atoms with Gasteiger partial charge in [0.05, 0.1) is 6.54 Å². The number of nitrogens with zero attached hydrogens (tertiary/aromatic N) is 2. The van der Waals surface area contributed by atoms with Crippen molar-refractivity contribution in [1.29, 1.82) is 0 Å². The molecule has 2 rings (SSSR count). The number of nitrogens with one attached hydrogen (secondary N) is 2. The summed E-state index contributed by atoms with van der Waals surface area (Å²) in [4.78, 5) is 30.7. The highest BCUT2D eigenvalue weighted by molar-refractivity contribution is 7.09. The van der Waals surface area contributed by atoms with Crippen LogP contribution in [0.1, 0.15) is 47.7 Å². The molecule has 0 aliphatic rings. The Morgan fingerprint density at radius 3 is 2.65 bits per heavy atom. The van der Waals surface area contributed by atoms with E-state index in [9.17, 15) is 9.59 Å². The first kappa shape index (κ1) is 19.9. The number of thiazole rings is 1. The number of urea groups is 1. The summed E-state index contributed by atoms with van der Waals surface area (Å²) >= 11 is 1.40. The highest BCUT2D eigenvalue weighted by Gasteiger charge is 2.17. The molecule has 0 fully saturated rings. The van der Waals surface area contributed by atoms with Crippen LogP contribution in [0.15, 0.2) is 29.6 Å². The van der Waals surface area contributed by atoms with Crippen molar-refractivity contribution in [2.45, 2.75) is 40.2 Å². The minimum atomic E-state index is -0.166. The Hall–Kier alpha value is -2.41. The van der Waals surface area contributed by atoms with Gasteiger partial charge in [0.2, 0.25) is 0 Å². The van der Waals surface area contributed by atoms with Crippen LogP contribution >= 0.6 is 11.3 Å². The maximum absolute atomic E-state index is 12.7. The Morgan fingerprint density at radius 1 is 1.19 bits per heavy atom. The summed E-state index contributed by atoms with van der Waals surface area (Å²) in [6.07, 6.45) is 1.72. The SMILES string of the molecule is CCCNC(=O)c1csc(CN(CCC)C(=O)Nc2ccccc2C)n1. The van der Waals surface area contributed by atoms with Crippen LogP contribution in [0.2, 0.25) is 0 Å². The molecule has 0 saturated carbocycles. The third kappa shape index (κ3) is 5.56. The molecule has 2 aromatic rings. The van der Waals surface area contributed by atoms with Crippen LogP contribution in [0.5, 0.6) is 0 Å². The van der Waals surface area contributed by atoms with E-state index in [-0.39, 0.29) is 11.9 Å². The quantitative estimate of drug-likeness (QED) is 0.732. The number of hydrogen-bond donors (Lipinski definition) is 2. The second kappa shape index (κ2) is 9.91. The van der Waals surface area contributed by atoms with Crippen LogP contribution in [0.25, 0.3) is 0 Å². The Bertz CT molecular complexity index is 745. The van der Waals surface area contributed by atoms with E-state index >= 15 is 0 Å². The summed E-state index contributed by atoms with van der Waals surface area (Å²) in [6, 6.07) is 7.52. The third-order valence-corrected chi connectivity index (χ3v) is 4.65. The van der Waals surface area contributed by atoms with Crippen molar-refractivity contribution in [2.75, 3.05) is 18.4 Å². The van der Waals surface area contributed by atoms with E-state index in [1.165, 1.54) is 11.3 Å². The molecule has 140 valence electrons. The summed E-state index contributed by atoms with van der Waals surface area (Å²) in [7, 11) is 0. The number of carbonyl (C=O) groups is 2. The Balaban J connectivity index is 2.03. The summed E-state index contributed by atoms with van der Waals surface area (Å²) in [5.41, 5.74) is 2.23. The second-order valence-electron chi connectivity index (χ2n) is 6.05. The van der Waals surface area contributed by atoms with Gasteiger partial charge in [-0.1, -0.05) is 32.0 Å². The molecule has 0 aliphatic heterocycles. The molecule has 1 aromatic carbocycles. The largest absolute Gasteiger partial charge is 0.351 e. The number of aromatic nitrogens is 1. The smallest absolute Gasteiger partial charge is 0.322 e. The predicted molar refractivity (Wildman–Crippen MR) is 106 cm³/mol. The lowest BCUT2D eigenvalue weighted by atomic mass is 10.2. The van der Waals surface area contributed by atoms with E-state index in [0.717, 1.165) is 29.1 Å². The number of anilines is 1. The number of hydrogen-bond acceptors (Lipinski definition) is 4.